The Balaban J connectivity index is 3.43. The molecule has 1 aliphatic heterocycles. The Hall–Kier alpha value is -0.570. The second-order valence-corrected chi connectivity index (χ2v) is 4.84. The smallest absolute Gasteiger partial charge is 0.347 e. The van der Waals surface area contributed by atoms with E-state index in [1.165, 1.54) is 20.8 Å². The van der Waals surface area contributed by atoms with Crippen molar-refractivity contribution in [3.63, 3.8) is 0 Å². The lowest BCUT2D eigenvalue weighted by Gasteiger charge is -2.43. The highest BCUT2D eigenvalue weighted by atomic mass is 19.4. The standard InChI is InChI=1S/C11H15F7O2/c1-4-19-8(5-6(2)7(3)20-8)9(12,10(13,14)15)11(16,17)18/h6-7H,4-5H2,1-3H3. The molecule has 0 aromatic heterocycles. The lowest BCUT2D eigenvalue weighted by Crippen LogP contribution is -2.69. The number of ether oxygens (including phenoxy) is 2. The quantitative estimate of drug-likeness (QED) is 0.734. The Bertz CT molecular complexity index is 326. The Morgan fingerprint density at radius 3 is 1.75 bits per heavy atom. The van der Waals surface area contributed by atoms with E-state index in [1.54, 1.807) is 0 Å². The van der Waals surface area contributed by atoms with Gasteiger partial charge in [0.25, 0.3) is 0 Å². The van der Waals surface area contributed by atoms with E-state index < -0.39 is 48.9 Å². The first-order chi connectivity index (χ1) is 8.82. The van der Waals surface area contributed by atoms with Crippen LogP contribution in [0, 0.1) is 5.92 Å². The average molecular weight is 312 g/mol. The van der Waals surface area contributed by atoms with Crippen LogP contribution in [0.3, 0.4) is 0 Å². The fourth-order valence-corrected chi connectivity index (χ4v) is 2.29. The van der Waals surface area contributed by atoms with Gasteiger partial charge in [-0.1, -0.05) is 6.92 Å². The maximum absolute atomic E-state index is 14.2. The molecule has 0 aromatic carbocycles. The van der Waals surface area contributed by atoms with E-state index in [1.807, 2.05) is 0 Å². The number of halogens is 7. The van der Waals surface area contributed by atoms with Crippen molar-refractivity contribution in [1.82, 2.24) is 0 Å². The van der Waals surface area contributed by atoms with Crippen LogP contribution >= 0.6 is 0 Å². The number of hydrogen-bond acceptors (Lipinski definition) is 2. The Kier molecular flexibility index (Phi) is 4.38. The van der Waals surface area contributed by atoms with Crippen LogP contribution in [0.1, 0.15) is 27.2 Å². The third-order valence-electron chi connectivity index (χ3n) is 3.45. The van der Waals surface area contributed by atoms with Crippen molar-refractivity contribution in [3.05, 3.63) is 0 Å². The molecule has 20 heavy (non-hydrogen) atoms. The summed E-state index contributed by atoms with van der Waals surface area (Å²) >= 11 is 0. The Morgan fingerprint density at radius 2 is 1.50 bits per heavy atom. The van der Waals surface area contributed by atoms with Crippen LogP contribution in [0.15, 0.2) is 0 Å². The fraction of sp³-hybridized carbons (Fsp3) is 1.00. The van der Waals surface area contributed by atoms with Crippen LogP contribution in [0.25, 0.3) is 0 Å². The minimum absolute atomic E-state index is 0.544. The van der Waals surface area contributed by atoms with Crippen LogP contribution in [-0.4, -0.2) is 36.5 Å². The van der Waals surface area contributed by atoms with E-state index in [9.17, 15) is 30.7 Å². The third-order valence-corrected chi connectivity index (χ3v) is 3.45. The lowest BCUT2D eigenvalue weighted by molar-refractivity contribution is -0.436. The van der Waals surface area contributed by atoms with Gasteiger partial charge in [-0.15, -0.1) is 0 Å². The molecule has 0 N–H and O–H groups in total. The van der Waals surface area contributed by atoms with Gasteiger partial charge in [0, 0.05) is 13.0 Å². The SMILES string of the molecule is CCOC1(C(F)(C(F)(F)F)C(F)(F)F)CC(C)C(C)O1. The van der Waals surface area contributed by atoms with Gasteiger partial charge in [0.1, 0.15) is 0 Å². The van der Waals surface area contributed by atoms with Gasteiger partial charge in [0.15, 0.2) is 0 Å². The van der Waals surface area contributed by atoms with E-state index in [0.717, 1.165) is 0 Å². The maximum atomic E-state index is 14.2. The highest BCUT2D eigenvalue weighted by Crippen LogP contribution is 2.58. The van der Waals surface area contributed by atoms with Gasteiger partial charge < -0.3 is 9.47 Å². The zero-order chi connectivity index (χ0) is 16.0. The van der Waals surface area contributed by atoms with Crippen LogP contribution in [0.2, 0.25) is 0 Å². The van der Waals surface area contributed by atoms with Gasteiger partial charge in [-0.25, -0.2) is 4.39 Å². The van der Waals surface area contributed by atoms with Gasteiger partial charge in [-0.3, -0.25) is 0 Å². The molecule has 1 fully saturated rings. The predicted molar refractivity (Wildman–Crippen MR) is 54.6 cm³/mol. The normalized spacial score (nSPS) is 32.7. The molecule has 0 spiro atoms. The van der Waals surface area contributed by atoms with Crippen LogP contribution in [-0.2, 0) is 9.47 Å². The molecule has 0 radical (unpaired) electrons. The maximum Gasteiger partial charge on any atom is 0.437 e. The van der Waals surface area contributed by atoms with Crippen molar-refractivity contribution < 1.29 is 40.2 Å². The monoisotopic (exact) mass is 312 g/mol. The van der Waals surface area contributed by atoms with Crippen molar-refractivity contribution in [3.8, 4) is 0 Å². The molecular weight excluding hydrogens is 297 g/mol. The van der Waals surface area contributed by atoms with Gasteiger partial charge in [0.05, 0.1) is 6.10 Å². The molecule has 3 atom stereocenters. The molecule has 2 nitrogen and oxygen atoms in total. The van der Waals surface area contributed by atoms with Crippen molar-refractivity contribution in [2.24, 2.45) is 5.92 Å². The minimum Gasteiger partial charge on any atom is -0.347 e. The molecule has 1 aliphatic rings. The van der Waals surface area contributed by atoms with Crippen molar-refractivity contribution in [1.29, 1.82) is 0 Å². The second-order valence-electron chi connectivity index (χ2n) is 4.84. The van der Waals surface area contributed by atoms with Gasteiger partial charge >= 0.3 is 18.0 Å². The second kappa shape index (κ2) is 5.01. The topological polar surface area (TPSA) is 18.5 Å². The summed E-state index contributed by atoms with van der Waals surface area (Å²) in [5.41, 5.74) is -5.58. The summed E-state index contributed by atoms with van der Waals surface area (Å²) < 4.78 is 100. The van der Waals surface area contributed by atoms with Gasteiger partial charge in [-0.05, 0) is 19.8 Å². The van der Waals surface area contributed by atoms with Crippen molar-refractivity contribution in [2.45, 2.75) is 57.1 Å². The number of alkyl halides is 7. The highest BCUT2D eigenvalue weighted by Gasteiger charge is 2.84. The van der Waals surface area contributed by atoms with E-state index >= 15 is 0 Å². The fourth-order valence-electron chi connectivity index (χ4n) is 2.29. The largest absolute Gasteiger partial charge is 0.437 e. The van der Waals surface area contributed by atoms with Crippen molar-refractivity contribution >= 4 is 0 Å². The zero-order valence-corrected chi connectivity index (χ0v) is 11.0. The molecule has 120 valence electrons. The summed E-state index contributed by atoms with van der Waals surface area (Å²) in [6.07, 6.45) is -14.2. The molecule has 0 saturated carbocycles. The molecule has 3 unspecified atom stereocenters. The van der Waals surface area contributed by atoms with Crippen LogP contribution in [0.5, 0.6) is 0 Å². The Morgan fingerprint density at radius 1 is 1.05 bits per heavy atom. The summed E-state index contributed by atoms with van der Waals surface area (Å²) in [5, 5.41) is 0. The minimum atomic E-state index is -6.20. The molecular formula is C11H15F7O2. The Labute approximate surface area is 111 Å². The molecule has 1 saturated heterocycles. The molecule has 0 aromatic rings. The van der Waals surface area contributed by atoms with Crippen molar-refractivity contribution in [2.75, 3.05) is 6.61 Å². The highest BCUT2D eigenvalue weighted by molar-refractivity contribution is 5.09. The molecule has 0 bridgehead atoms. The van der Waals surface area contributed by atoms with E-state index in [-0.39, 0.29) is 0 Å². The number of rotatable bonds is 3. The third kappa shape index (κ3) is 2.38. The summed E-state index contributed by atoms with van der Waals surface area (Å²) in [5.74, 6) is -4.11. The zero-order valence-electron chi connectivity index (χ0n) is 11.0. The van der Waals surface area contributed by atoms with Gasteiger partial charge in [0.2, 0.25) is 5.79 Å². The molecule has 1 rings (SSSR count). The summed E-state index contributed by atoms with van der Waals surface area (Å²) in [7, 11) is 0. The average Bonchev–Trinajstić information content (AvgIpc) is 2.51. The first kappa shape index (κ1) is 17.5. The summed E-state index contributed by atoms with van der Waals surface area (Å²) in [4.78, 5) is 0. The first-order valence-corrected chi connectivity index (χ1v) is 5.96. The van der Waals surface area contributed by atoms with E-state index in [0.29, 0.717) is 0 Å². The van der Waals surface area contributed by atoms with E-state index in [4.69, 9.17) is 0 Å². The van der Waals surface area contributed by atoms with Crippen LogP contribution < -0.4 is 0 Å². The molecule has 0 amide bonds. The predicted octanol–water partition coefficient (Wildman–Crippen LogP) is 4.00. The number of hydrogen-bond donors (Lipinski definition) is 0. The van der Waals surface area contributed by atoms with Crippen LogP contribution in [0.4, 0.5) is 30.7 Å². The van der Waals surface area contributed by atoms with E-state index in [2.05, 4.69) is 9.47 Å². The first-order valence-electron chi connectivity index (χ1n) is 5.96. The molecule has 9 heteroatoms. The summed E-state index contributed by atoms with van der Waals surface area (Å²) in [6.45, 7) is 3.28. The molecule has 1 heterocycles. The lowest BCUT2D eigenvalue weighted by atomic mass is 9.87. The van der Waals surface area contributed by atoms with Gasteiger partial charge in [-0.2, -0.15) is 26.3 Å². The molecule has 0 aliphatic carbocycles. The summed E-state index contributed by atoms with van der Waals surface area (Å²) in [6, 6.07) is 0.